The Morgan fingerprint density at radius 3 is 2.32 bits per heavy atom. The van der Waals surface area contributed by atoms with Gasteiger partial charge >= 0.3 is 5.97 Å². The van der Waals surface area contributed by atoms with Crippen LogP contribution in [0.1, 0.15) is 31.2 Å². The van der Waals surface area contributed by atoms with E-state index in [0.29, 0.717) is 23.7 Å². The van der Waals surface area contributed by atoms with Crippen LogP contribution in [0.2, 0.25) is 0 Å². The molecule has 3 N–H and O–H groups in total. The lowest BCUT2D eigenvalue weighted by molar-refractivity contribution is -0.141. The number of hydrogen-bond donors (Lipinski definition) is 2. The molecule has 0 saturated carbocycles. The van der Waals surface area contributed by atoms with Gasteiger partial charge in [-0.1, -0.05) is 6.92 Å². The summed E-state index contributed by atoms with van der Waals surface area (Å²) in [5.74, 6) is 0.335. The molecule has 22 heavy (non-hydrogen) atoms. The van der Waals surface area contributed by atoms with Crippen LogP contribution >= 0.6 is 0 Å². The van der Waals surface area contributed by atoms with Gasteiger partial charge in [0.2, 0.25) is 0 Å². The molecular weight excluding hydrogens is 286 g/mol. The van der Waals surface area contributed by atoms with Gasteiger partial charge in [-0.25, -0.2) is 0 Å². The first-order chi connectivity index (χ1) is 10.5. The fourth-order valence-electron chi connectivity index (χ4n) is 2.54. The third kappa shape index (κ3) is 4.04. The van der Waals surface area contributed by atoms with Crippen molar-refractivity contribution >= 4 is 5.97 Å². The zero-order valence-electron chi connectivity index (χ0n) is 13.6. The van der Waals surface area contributed by atoms with Gasteiger partial charge in [-0.2, -0.15) is 0 Å². The van der Waals surface area contributed by atoms with E-state index in [0.717, 1.165) is 12.0 Å². The van der Waals surface area contributed by atoms with Crippen LogP contribution in [0.3, 0.4) is 0 Å². The third-order valence-electron chi connectivity index (χ3n) is 3.85. The smallest absolute Gasteiger partial charge is 0.307 e. The second kappa shape index (κ2) is 8.48. The van der Waals surface area contributed by atoms with Gasteiger partial charge < -0.3 is 25.1 Å². The van der Waals surface area contributed by atoms with Gasteiger partial charge in [0.25, 0.3) is 0 Å². The molecule has 6 heteroatoms. The van der Waals surface area contributed by atoms with E-state index in [9.17, 15) is 9.90 Å². The molecule has 0 aliphatic rings. The number of hydrogen-bond acceptors (Lipinski definition) is 5. The van der Waals surface area contributed by atoms with Crippen LogP contribution in [0.5, 0.6) is 17.2 Å². The van der Waals surface area contributed by atoms with Crippen molar-refractivity contribution < 1.29 is 24.1 Å². The number of nitrogens with two attached hydrogens (primary N) is 1. The SMILES string of the molecule is CCC(CC(CN)C(=O)O)c1cc(OC)cc(OC)c1OC. The van der Waals surface area contributed by atoms with Crippen LogP contribution in [-0.4, -0.2) is 38.9 Å². The van der Waals surface area contributed by atoms with E-state index in [1.165, 1.54) is 0 Å². The van der Waals surface area contributed by atoms with E-state index in [2.05, 4.69) is 0 Å². The van der Waals surface area contributed by atoms with Gasteiger partial charge in [0, 0.05) is 18.2 Å². The standard InChI is InChI=1S/C16H25NO5/c1-5-10(6-11(9-17)16(18)19)13-7-12(20-2)8-14(21-3)15(13)22-4/h7-8,10-11H,5-6,9,17H2,1-4H3,(H,18,19). The minimum Gasteiger partial charge on any atom is -0.497 e. The zero-order valence-corrected chi connectivity index (χ0v) is 13.6. The number of ether oxygens (including phenoxy) is 3. The number of carboxylic acids is 1. The Kier molecular flexibility index (Phi) is 6.98. The zero-order chi connectivity index (χ0) is 16.7. The van der Waals surface area contributed by atoms with Crippen molar-refractivity contribution in [2.24, 2.45) is 11.7 Å². The van der Waals surface area contributed by atoms with Crippen molar-refractivity contribution in [2.75, 3.05) is 27.9 Å². The van der Waals surface area contributed by atoms with Gasteiger partial charge in [-0.05, 0) is 24.8 Å². The highest BCUT2D eigenvalue weighted by Crippen LogP contribution is 2.42. The molecular formula is C16H25NO5. The van der Waals surface area contributed by atoms with Gasteiger partial charge in [0.05, 0.1) is 27.2 Å². The lowest BCUT2D eigenvalue weighted by atomic mass is 9.86. The first-order valence-electron chi connectivity index (χ1n) is 7.25. The first-order valence-corrected chi connectivity index (χ1v) is 7.25. The maximum Gasteiger partial charge on any atom is 0.307 e. The maximum atomic E-state index is 11.3. The van der Waals surface area contributed by atoms with Crippen LogP contribution in [0.15, 0.2) is 12.1 Å². The van der Waals surface area contributed by atoms with Crippen LogP contribution in [0.4, 0.5) is 0 Å². The quantitative estimate of drug-likeness (QED) is 0.727. The molecule has 124 valence electrons. The molecule has 0 aromatic heterocycles. The summed E-state index contributed by atoms with van der Waals surface area (Å²) in [6, 6.07) is 3.61. The minimum atomic E-state index is -0.880. The molecule has 0 bridgehead atoms. The van der Waals surface area contributed by atoms with Gasteiger partial charge in [-0.3, -0.25) is 4.79 Å². The lowest BCUT2D eigenvalue weighted by Gasteiger charge is -2.23. The van der Waals surface area contributed by atoms with Gasteiger partial charge in [0.15, 0.2) is 11.5 Å². The van der Waals surface area contributed by atoms with E-state index >= 15 is 0 Å². The summed E-state index contributed by atoms with van der Waals surface area (Å²) in [5, 5.41) is 9.23. The van der Waals surface area contributed by atoms with Crippen molar-refractivity contribution in [2.45, 2.75) is 25.7 Å². The monoisotopic (exact) mass is 311 g/mol. The number of rotatable bonds is 9. The van der Waals surface area contributed by atoms with E-state index in [1.54, 1.807) is 27.4 Å². The molecule has 1 rings (SSSR count). The number of methoxy groups -OCH3 is 3. The fraction of sp³-hybridized carbons (Fsp3) is 0.562. The molecule has 0 spiro atoms. The second-order valence-corrected chi connectivity index (χ2v) is 5.06. The Hall–Kier alpha value is -1.95. The average Bonchev–Trinajstić information content (AvgIpc) is 2.54. The highest BCUT2D eigenvalue weighted by atomic mass is 16.5. The molecule has 0 aliphatic heterocycles. The van der Waals surface area contributed by atoms with Crippen LogP contribution in [0.25, 0.3) is 0 Å². The summed E-state index contributed by atoms with van der Waals surface area (Å²) in [4.78, 5) is 11.3. The van der Waals surface area contributed by atoms with Gasteiger partial charge in [0.1, 0.15) is 5.75 Å². The molecule has 1 aromatic carbocycles. The Morgan fingerprint density at radius 2 is 1.91 bits per heavy atom. The lowest BCUT2D eigenvalue weighted by Crippen LogP contribution is -2.25. The molecule has 6 nitrogen and oxygen atoms in total. The maximum absolute atomic E-state index is 11.3. The largest absolute Gasteiger partial charge is 0.497 e. The Labute approximate surface area is 131 Å². The van der Waals surface area contributed by atoms with E-state index in [4.69, 9.17) is 19.9 Å². The molecule has 0 radical (unpaired) electrons. The van der Waals surface area contributed by atoms with Crippen LogP contribution in [-0.2, 0) is 4.79 Å². The summed E-state index contributed by atoms with van der Waals surface area (Å²) in [7, 11) is 4.70. The molecule has 0 saturated heterocycles. The number of carbonyl (C=O) groups is 1. The number of benzene rings is 1. The summed E-state index contributed by atoms with van der Waals surface area (Å²) in [5.41, 5.74) is 6.45. The summed E-state index contributed by atoms with van der Waals surface area (Å²) >= 11 is 0. The Balaban J connectivity index is 3.27. The topological polar surface area (TPSA) is 91.0 Å². The highest BCUT2D eigenvalue weighted by Gasteiger charge is 2.25. The number of aliphatic carboxylic acids is 1. The summed E-state index contributed by atoms with van der Waals surface area (Å²) in [6.07, 6.45) is 1.20. The Morgan fingerprint density at radius 1 is 1.23 bits per heavy atom. The highest BCUT2D eigenvalue weighted by molar-refractivity contribution is 5.70. The summed E-state index contributed by atoms with van der Waals surface area (Å²) in [6.45, 7) is 2.11. The van der Waals surface area contributed by atoms with Crippen molar-refractivity contribution in [3.05, 3.63) is 17.7 Å². The normalized spacial score (nSPS) is 13.3. The predicted octanol–water partition coefficient (Wildman–Crippen LogP) is 2.26. The molecule has 0 fully saturated rings. The second-order valence-electron chi connectivity index (χ2n) is 5.06. The van der Waals surface area contributed by atoms with E-state index in [1.807, 2.05) is 13.0 Å². The minimum absolute atomic E-state index is 0.0106. The Bertz CT molecular complexity index is 504. The van der Waals surface area contributed by atoms with Crippen molar-refractivity contribution in [1.29, 1.82) is 0 Å². The third-order valence-corrected chi connectivity index (χ3v) is 3.85. The van der Waals surface area contributed by atoms with Crippen LogP contribution < -0.4 is 19.9 Å². The molecule has 2 atom stereocenters. The fourth-order valence-corrected chi connectivity index (χ4v) is 2.54. The molecule has 0 amide bonds. The predicted molar refractivity (Wildman–Crippen MR) is 83.9 cm³/mol. The van der Waals surface area contributed by atoms with Gasteiger partial charge in [-0.15, -0.1) is 0 Å². The molecule has 1 aromatic rings. The summed E-state index contributed by atoms with van der Waals surface area (Å²) < 4.78 is 16.1. The van der Waals surface area contributed by atoms with Crippen molar-refractivity contribution in [1.82, 2.24) is 0 Å². The van der Waals surface area contributed by atoms with E-state index in [-0.39, 0.29) is 12.5 Å². The average molecular weight is 311 g/mol. The molecule has 0 aliphatic carbocycles. The van der Waals surface area contributed by atoms with Crippen molar-refractivity contribution in [3.8, 4) is 17.2 Å². The molecule has 0 heterocycles. The molecule has 2 unspecified atom stereocenters. The number of carboxylic acid groups (broad SMARTS) is 1. The van der Waals surface area contributed by atoms with Crippen molar-refractivity contribution in [3.63, 3.8) is 0 Å². The van der Waals surface area contributed by atoms with E-state index < -0.39 is 11.9 Å². The first kappa shape index (κ1) is 18.1. The van der Waals surface area contributed by atoms with Crippen LogP contribution in [0, 0.1) is 5.92 Å².